The lowest BCUT2D eigenvalue weighted by Crippen LogP contribution is -2.26. The average Bonchev–Trinajstić information content (AvgIpc) is 2.72. The van der Waals surface area contributed by atoms with Crippen LogP contribution < -0.4 is 25.6 Å². The Hall–Kier alpha value is -3.44. The summed E-state index contributed by atoms with van der Waals surface area (Å²) >= 11 is 3.44. The smallest absolute Gasteiger partial charge is 0.344 e. The van der Waals surface area contributed by atoms with Crippen LogP contribution in [0.15, 0.2) is 61.5 Å². The quantitative estimate of drug-likeness (QED) is 0.599. The number of benzene rings is 2. The number of nitriles is 1. The third-order valence-electron chi connectivity index (χ3n) is 4.78. The molecule has 146 valence electrons. The molecule has 0 radical (unpaired) electrons. The summed E-state index contributed by atoms with van der Waals surface area (Å²) in [7, 11) is 3.09. The molecule has 2 aromatic carbocycles. The molecule has 1 aromatic heterocycles. The van der Waals surface area contributed by atoms with Crippen molar-refractivity contribution in [1.29, 1.82) is 5.26 Å². The molecule has 8 heteroatoms. The molecule has 1 atom stereocenters. The zero-order valence-electron chi connectivity index (χ0n) is 15.5. The molecule has 1 aliphatic rings. The molecule has 3 aromatic rings. The molecule has 0 saturated carbocycles. The van der Waals surface area contributed by atoms with Crippen LogP contribution in [-0.2, 0) is 0 Å². The van der Waals surface area contributed by atoms with Crippen LogP contribution in [0.3, 0.4) is 0 Å². The fraction of sp³-hybridized carbons (Fsp3) is 0.143. The van der Waals surface area contributed by atoms with E-state index < -0.39 is 11.5 Å². The van der Waals surface area contributed by atoms with Gasteiger partial charge in [-0.05, 0) is 51.8 Å². The minimum Gasteiger partial charge on any atom is -0.497 e. The van der Waals surface area contributed by atoms with Gasteiger partial charge in [0, 0.05) is 0 Å². The van der Waals surface area contributed by atoms with Gasteiger partial charge >= 0.3 is 5.63 Å². The number of allylic oxidation sites excluding steroid dienone is 1. The van der Waals surface area contributed by atoms with Crippen molar-refractivity contribution < 1.29 is 18.6 Å². The fourth-order valence-corrected chi connectivity index (χ4v) is 3.98. The lowest BCUT2D eigenvalue weighted by molar-refractivity contribution is 0.386. The molecule has 2 heterocycles. The Bertz CT molecular complexity index is 1270. The van der Waals surface area contributed by atoms with Gasteiger partial charge in [-0.25, -0.2) is 4.79 Å². The zero-order valence-corrected chi connectivity index (χ0v) is 17.1. The van der Waals surface area contributed by atoms with Gasteiger partial charge in [-0.2, -0.15) is 5.26 Å². The molecule has 0 aliphatic carbocycles. The summed E-state index contributed by atoms with van der Waals surface area (Å²) in [5, 5.41) is 10.2. The van der Waals surface area contributed by atoms with Crippen LogP contribution in [0.1, 0.15) is 17.0 Å². The number of nitrogens with zero attached hydrogens (tertiary/aromatic N) is 1. The summed E-state index contributed by atoms with van der Waals surface area (Å²) in [6.45, 7) is 0. The topological polar surface area (TPSA) is 108 Å². The first-order valence-electron chi connectivity index (χ1n) is 8.54. The summed E-state index contributed by atoms with van der Waals surface area (Å²) in [4.78, 5) is 12.9. The van der Waals surface area contributed by atoms with Gasteiger partial charge in [0.1, 0.15) is 28.7 Å². The van der Waals surface area contributed by atoms with E-state index in [1.807, 2.05) is 0 Å². The predicted octanol–water partition coefficient (Wildman–Crippen LogP) is 3.79. The van der Waals surface area contributed by atoms with E-state index in [9.17, 15) is 10.1 Å². The molecule has 4 rings (SSSR count). The highest BCUT2D eigenvalue weighted by atomic mass is 79.9. The Balaban J connectivity index is 2.05. The Morgan fingerprint density at radius 2 is 1.97 bits per heavy atom. The normalized spacial score (nSPS) is 15.4. The van der Waals surface area contributed by atoms with E-state index >= 15 is 0 Å². The third kappa shape index (κ3) is 3.00. The first kappa shape index (κ1) is 18.9. The van der Waals surface area contributed by atoms with Crippen molar-refractivity contribution in [1.82, 2.24) is 0 Å². The van der Waals surface area contributed by atoms with E-state index in [2.05, 4.69) is 22.0 Å². The second-order valence-electron chi connectivity index (χ2n) is 6.31. The molecule has 2 N–H and O–H groups in total. The summed E-state index contributed by atoms with van der Waals surface area (Å²) in [5.41, 5.74) is 6.80. The summed E-state index contributed by atoms with van der Waals surface area (Å²) < 4.78 is 22.5. The summed E-state index contributed by atoms with van der Waals surface area (Å²) in [6.07, 6.45) is 0. The highest BCUT2D eigenvalue weighted by molar-refractivity contribution is 9.10. The van der Waals surface area contributed by atoms with Gasteiger partial charge in [-0.3, -0.25) is 0 Å². The zero-order chi connectivity index (χ0) is 20.7. The number of halogens is 1. The van der Waals surface area contributed by atoms with Gasteiger partial charge in [0.05, 0.1) is 35.6 Å². The average molecular weight is 455 g/mol. The van der Waals surface area contributed by atoms with Crippen LogP contribution in [0.4, 0.5) is 0 Å². The molecule has 0 saturated heterocycles. The molecular formula is C21H15BrN2O5. The number of hydrogen-bond acceptors (Lipinski definition) is 7. The van der Waals surface area contributed by atoms with Gasteiger partial charge in [0.25, 0.3) is 0 Å². The van der Waals surface area contributed by atoms with Crippen molar-refractivity contribution in [3.63, 3.8) is 0 Å². The van der Waals surface area contributed by atoms with Gasteiger partial charge in [0.15, 0.2) is 5.75 Å². The molecule has 1 aliphatic heterocycles. The maximum Gasteiger partial charge on any atom is 0.344 e. The van der Waals surface area contributed by atoms with Crippen LogP contribution in [-0.4, -0.2) is 14.2 Å². The van der Waals surface area contributed by atoms with Gasteiger partial charge in [-0.15, -0.1) is 0 Å². The predicted molar refractivity (Wildman–Crippen MR) is 109 cm³/mol. The van der Waals surface area contributed by atoms with Crippen molar-refractivity contribution in [3.8, 4) is 23.3 Å². The summed E-state index contributed by atoms with van der Waals surface area (Å²) in [6, 6.07) is 12.4. The monoisotopic (exact) mass is 454 g/mol. The molecule has 0 spiro atoms. The van der Waals surface area contributed by atoms with Crippen LogP contribution in [0, 0.1) is 11.3 Å². The minimum absolute atomic E-state index is 0.0633. The van der Waals surface area contributed by atoms with Gasteiger partial charge in [-0.1, -0.05) is 6.07 Å². The van der Waals surface area contributed by atoms with Crippen LogP contribution in [0.5, 0.6) is 17.2 Å². The molecule has 0 amide bonds. The first-order chi connectivity index (χ1) is 14.0. The largest absolute Gasteiger partial charge is 0.497 e. The number of methoxy groups -OCH3 is 2. The molecular weight excluding hydrogens is 440 g/mol. The Morgan fingerprint density at radius 1 is 1.17 bits per heavy atom. The second kappa shape index (κ2) is 7.18. The van der Waals surface area contributed by atoms with E-state index in [1.54, 1.807) is 43.5 Å². The van der Waals surface area contributed by atoms with Crippen molar-refractivity contribution in [2.24, 2.45) is 5.73 Å². The fourth-order valence-electron chi connectivity index (χ4n) is 3.42. The number of rotatable bonds is 3. The lowest BCUT2D eigenvalue weighted by atomic mass is 9.84. The lowest BCUT2D eigenvalue weighted by Gasteiger charge is -2.26. The molecule has 29 heavy (non-hydrogen) atoms. The number of nitrogens with two attached hydrogens (primary N) is 1. The van der Waals surface area contributed by atoms with Gasteiger partial charge in [0.2, 0.25) is 5.88 Å². The highest BCUT2D eigenvalue weighted by Crippen LogP contribution is 2.45. The second-order valence-corrected chi connectivity index (χ2v) is 7.17. The first-order valence-corrected chi connectivity index (χ1v) is 9.33. The Morgan fingerprint density at radius 3 is 2.62 bits per heavy atom. The van der Waals surface area contributed by atoms with E-state index in [0.717, 1.165) is 0 Å². The van der Waals surface area contributed by atoms with E-state index in [0.29, 0.717) is 32.5 Å². The number of hydrogen-bond donors (Lipinski definition) is 1. The van der Waals surface area contributed by atoms with Gasteiger partial charge < -0.3 is 24.4 Å². The van der Waals surface area contributed by atoms with Crippen LogP contribution in [0.25, 0.3) is 11.0 Å². The number of ether oxygens (including phenoxy) is 3. The van der Waals surface area contributed by atoms with Crippen LogP contribution in [0.2, 0.25) is 0 Å². The van der Waals surface area contributed by atoms with Crippen molar-refractivity contribution in [2.75, 3.05) is 14.2 Å². The van der Waals surface area contributed by atoms with E-state index in [1.165, 1.54) is 7.11 Å². The molecule has 7 nitrogen and oxygen atoms in total. The third-order valence-corrected chi connectivity index (χ3v) is 5.40. The highest BCUT2D eigenvalue weighted by Gasteiger charge is 2.35. The van der Waals surface area contributed by atoms with Crippen molar-refractivity contribution in [3.05, 3.63) is 73.9 Å². The molecule has 0 bridgehead atoms. The molecule has 0 fully saturated rings. The minimum atomic E-state index is -0.752. The van der Waals surface area contributed by atoms with Crippen molar-refractivity contribution >= 4 is 26.9 Å². The van der Waals surface area contributed by atoms with E-state index in [-0.39, 0.29) is 22.8 Å². The van der Waals surface area contributed by atoms with E-state index in [4.69, 9.17) is 24.4 Å². The number of fused-ring (bicyclic) bond motifs is 3. The van der Waals surface area contributed by atoms with Crippen molar-refractivity contribution in [2.45, 2.75) is 5.92 Å². The molecule has 1 unspecified atom stereocenters. The Kier molecular flexibility index (Phi) is 4.68. The summed E-state index contributed by atoms with van der Waals surface area (Å²) in [5.74, 6) is 0.620. The standard InChI is InChI=1S/C21H15BrN2O5/c1-26-11-4-6-15-12(8-11)19-18(21(25)28-15)17(13(9-23)20(24)29-19)10-3-5-16(27-2)14(22)7-10/h3-8,17H,24H2,1-2H3. The Labute approximate surface area is 174 Å². The SMILES string of the molecule is COc1ccc2oc(=O)c3c(c2c1)OC(N)=C(C#N)C3c1ccc(OC)c(Br)c1. The maximum absolute atomic E-state index is 12.9. The maximum atomic E-state index is 12.9. The van der Waals surface area contributed by atoms with Crippen LogP contribution >= 0.6 is 15.9 Å².